The number of rotatable bonds is 3. The lowest BCUT2D eigenvalue weighted by Crippen LogP contribution is -2.58. The molecule has 3 fully saturated rings. The van der Waals surface area contributed by atoms with Crippen molar-refractivity contribution in [1.29, 1.82) is 0 Å². The molecule has 1 saturated carbocycles. The van der Waals surface area contributed by atoms with Crippen molar-refractivity contribution in [3.63, 3.8) is 0 Å². The van der Waals surface area contributed by atoms with Gasteiger partial charge in [0.1, 0.15) is 0 Å². The van der Waals surface area contributed by atoms with Crippen molar-refractivity contribution in [1.82, 2.24) is 9.80 Å². The van der Waals surface area contributed by atoms with Gasteiger partial charge in [0.05, 0.1) is 0 Å². The van der Waals surface area contributed by atoms with Crippen LogP contribution in [0.1, 0.15) is 46.0 Å². The van der Waals surface area contributed by atoms with Gasteiger partial charge in [0.15, 0.2) is 0 Å². The smallest absolute Gasteiger partial charge is 0.0357 e. The molecule has 0 amide bonds. The zero-order valence-electron chi connectivity index (χ0n) is 12.1. The van der Waals surface area contributed by atoms with Crippen molar-refractivity contribution < 1.29 is 0 Å². The SMILES string of the molecule is CC1(C(C)(CN)N2CCCN3CCCC3C2)CC1. The molecule has 3 rings (SSSR count). The highest BCUT2D eigenvalue weighted by Crippen LogP contribution is 2.55. The van der Waals surface area contributed by atoms with Crippen molar-refractivity contribution >= 4 is 0 Å². The van der Waals surface area contributed by atoms with E-state index in [2.05, 4.69) is 23.6 Å². The Bertz CT molecular complexity index is 313. The fourth-order valence-corrected chi connectivity index (χ4v) is 4.14. The van der Waals surface area contributed by atoms with Crippen molar-refractivity contribution in [2.24, 2.45) is 11.1 Å². The molecule has 3 heteroatoms. The Morgan fingerprint density at radius 1 is 1.22 bits per heavy atom. The van der Waals surface area contributed by atoms with Crippen molar-refractivity contribution in [2.45, 2.75) is 57.5 Å². The summed E-state index contributed by atoms with van der Waals surface area (Å²) >= 11 is 0. The van der Waals surface area contributed by atoms with Gasteiger partial charge in [-0.1, -0.05) is 6.92 Å². The summed E-state index contributed by atoms with van der Waals surface area (Å²) in [6.45, 7) is 10.8. The molecule has 18 heavy (non-hydrogen) atoms. The third-order valence-corrected chi connectivity index (χ3v) is 6.20. The fourth-order valence-electron chi connectivity index (χ4n) is 4.14. The highest BCUT2D eigenvalue weighted by Gasteiger charge is 2.55. The van der Waals surface area contributed by atoms with Crippen molar-refractivity contribution in [3.8, 4) is 0 Å². The Labute approximate surface area is 112 Å². The van der Waals surface area contributed by atoms with Crippen LogP contribution in [-0.4, -0.2) is 54.1 Å². The van der Waals surface area contributed by atoms with E-state index in [9.17, 15) is 0 Å². The van der Waals surface area contributed by atoms with E-state index in [1.807, 2.05) is 0 Å². The Hall–Kier alpha value is -0.120. The van der Waals surface area contributed by atoms with E-state index < -0.39 is 0 Å². The van der Waals surface area contributed by atoms with Crippen molar-refractivity contribution in [2.75, 3.05) is 32.7 Å². The number of hydrogen-bond acceptors (Lipinski definition) is 3. The molecular weight excluding hydrogens is 222 g/mol. The molecule has 3 nitrogen and oxygen atoms in total. The summed E-state index contributed by atoms with van der Waals surface area (Å²) in [6, 6.07) is 0.806. The maximum atomic E-state index is 6.20. The van der Waals surface area contributed by atoms with Crippen LogP contribution in [0.5, 0.6) is 0 Å². The largest absolute Gasteiger partial charge is 0.329 e. The lowest BCUT2D eigenvalue weighted by molar-refractivity contribution is 0.0417. The average molecular weight is 251 g/mol. The second-order valence-corrected chi connectivity index (χ2v) is 7.17. The molecule has 2 heterocycles. The highest BCUT2D eigenvalue weighted by molar-refractivity contribution is 5.10. The summed E-state index contributed by atoms with van der Waals surface area (Å²) in [4.78, 5) is 5.46. The minimum atomic E-state index is 0.228. The summed E-state index contributed by atoms with van der Waals surface area (Å²) in [6.07, 6.45) is 6.85. The Kier molecular flexibility index (Phi) is 3.20. The van der Waals surface area contributed by atoms with E-state index in [1.54, 1.807) is 0 Å². The van der Waals surface area contributed by atoms with Gasteiger partial charge < -0.3 is 5.73 Å². The maximum Gasteiger partial charge on any atom is 0.0357 e. The maximum absolute atomic E-state index is 6.20. The van der Waals surface area contributed by atoms with Gasteiger partial charge in [-0.15, -0.1) is 0 Å². The predicted molar refractivity (Wildman–Crippen MR) is 75.6 cm³/mol. The number of fused-ring (bicyclic) bond motifs is 1. The Morgan fingerprint density at radius 3 is 2.61 bits per heavy atom. The monoisotopic (exact) mass is 251 g/mol. The molecule has 1 aliphatic carbocycles. The van der Waals surface area contributed by atoms with Gasteiger partial charge in [-0.2, -0.15) is 0 Å². The van der Waals surface area contributed by atoms with E-state index in [0.29, 0.717) is 5.41 Å². The van der Waals surface area contributed by atoms with Gasteiger partial charge in [0.2, 0.25) is 0 Å². The van der Waals surface area contributed by atoms with Crippen LogP contribution in [0.4, 0.5) is 0 Å². The van der Waals surface area contributed by atoms with Gasteiger partial charge in [0, 0.05) is 31.2 Å². The Balaban J connectivity index is 1.77. The van der Waals surface area contributed by atoms with E-state index >= 15 is 0 Å². The normalized spacial score (nSPS) is 35.8. The molecule has 0 radical (unpaired) electrons. The first-order chi connectivity index (χ1) is 8.59. The van der Waals surface area contributed by atoms with E-state index in [1.165, 1.54) is 58.3 Å². The third kappa shape index (κ3) is 1.91. The summed E-state index contributed by atoms with van der Waals surface area (Å²) in [7, 11) is 0. The summed E-state index contributed by atoms with van der Waals surface area (Å²) in [5.41, 5.74) is 6.91. The van der Waals surface area contributed by atoms with Crippen LogP contribution in [0.25, 0.3) is 0 Å². The standard InChI is InChI=1S/C15H29N3/c1-14(6-7-14)15(2,12-16)18-10-4-9-17-8-3-5-13(17)11-18/h13H,3-12,16H2,1-2H3. The molecule has 2 saturated heterocycles. The summed E-state index contributed by atoms with van der Waals surface area (Å²) in [5.74, 6) is 0. The van der Waals surface area contributed by atoms with Gasteiger partial charge >= 0.3 is 0 Å². The molecule has 0 spiro atoms. The molecule has 0 aromatic rings. The molecular formula is C15H29N3. The van der Waals surface area contributed by atoms with Crippen LogP contribution in [0.2, 0.25) is 0 Å². The number of nitrogens with two attached hydrogens (primary N) is 1. The molecule has 0 aromatic carbocycles. The molecule has 0 bridgehead atoms. The molecule has 2 aliphatic heterocycles. The first-order valence-electron chi connectivity index (χ1n) is 7.78. The zero-order chi connectivity index (χ0) is 12.8. The van der Waals surface area contributed by atoms with Crippen LogP contribution in [0.15, 0.2) is 0 Å². The first-order valence-corrected chi connectivity index (χ1v) is 7.78. The highest BCUT2D eigenvalue weighted by atomic mass is 15.3. The Morgan fingerprint density at radius 2 is 1.94 bits per heavy atom. The van der Waals surface area contributed by atoms with E-state index in [4.69, 9.17) is 5.73 Å². The minimum Gasteiger partial charge on any atom is -0.329 e. The number of nitrogens with zero attached hydrogens (tertiary/aromatic N) is 2. The van der Waals surface area contributed by atoms with E-state index in [-0.39, 0.29) is 5.54 Å². The molecule has 0 aromatic heterocycles. The van der Waals surface area contributed by atoms with Crippen LogP contribution in [0, 0.1) is 5.41 Å². The molecule has 2 atom stereocenters. The molecule has 104 valence electrons. The van der Waals surface area contributed by atoms with E-state index in [0.717, 1.165) is 12.6 Å². The molecule has 2 N–H and O–H groups in total. The third-order valence-electron chi connectivity index (χ3n) is 6.20. The second-order valence-electron chi connectivity index (χ2n) is 7.17. The van der Waals surface area contributed by atoms with Crippen LogP contribution in [-0.2, 0) is 0 Å². The van der Waals surface area contributed by atoms with Crippen molar-refractivity contribution in [3.05, 3.63) is 0 Å². The molecule has 2 unspecified atom stereocenters. The topological polar surface area (TPSA) is 32.5 Å². The predicted octanol–water partition coefficient (Wildman–Crippen LogP) is 1.67. The lowest BCUT2D eigenvalue weighted by Gasteiger charge is -2.46. The second kappa shape index (κ2) is 4.46. The van der Waals surface area contributed by atoms with Gasteiger partial charge in [-0.05, 0) is 57.5 Å². The van der Waals surface area contributed by atoms with Crippen LogP contribution in [0.3, 0.4) is 0 Å². The average Bonchev–Trinajstić information content (AvgIpc) is 3.04. The molecule has 3 aliphatic rings. The zero-order valence-corrected chi connectivity index (χ0v) is 12.1. The summed E-state index contributed by atoms with van der Waals surface area (Å²) < 4.78 is 0. The van der Waals surface area contributed by atoms with Gasteiger partial charge in [0.25, 0.3) is 0 Å². The minimum absolute atomic E-state index is 0.228. The first kappa shape index (κ1) is 12.9. The van der Waals surface area contributed by atoms with Gasteiger partial charge in [-0.3, -0.25) is 9.80 Å². The number of hydrogen-bond donors (Lipinski definition) is 1. The van der Waals surface area contributed by atoms with Crippen LogP contribution >= 0.6 is 0 Å². The van der Waals surface area contributed by atoms with Gasteiger partial charge in [-0.25, -0.2) is 0 Å². The van der Waals surface area contributed by atoms with Crippen LogP contribution < -0.4 is 5.73 Å². The lowest BCUT2D eigenvalue weighted by atomic mass is 9.81. The fraction of sp³-hybridized carbons (Fsp3) is 1.00. The quantitative estimate of drug-likeness (QED) is 0.828. The summed E-state index contributed by atoms with van der Waals surface area (Å²) in [5, 5.41) is 0.